The maximum atomic E-state index is 12.1. The number of hydrogen-bond acceptors (Lipinski definition) is 3. The van der Waals surface area contributed by atoms with Crippen molar-refractivity contribution in [3.8, 4) is 0 Å². The molecular formula is C17H28BrIN4OS. The van der Waals surface area contributed by atoms with Crippen molar-refractivity contribution < 1.29 is 4.79 Å². The average Bonchev–Trinajstić information content (AvgIpc) is 2.54. The van der Waals surface area contributed by atoms with Crippen LogP contribution in [0.25, 0.3) is 0 Å². The van der Waals surface area contributed by atoms with Crippen LogP contribution in [0.2, 0.25) is 0 Å². The largest absolute Gasteiger partial charge is 0.356 e. The van der Waals surface area contributed by atoms with Crippen LogP contribution in [0.4, 0.5) is 5.69 Å². The van der Waals surface area contributed by atoms with Gasteiger partial charge in [-0.05, 0) is 44.7 Å². The van der Waals surface area contributed by atoms with Crippen LogP contribution in [-0.2, 0) is 4.79 Å². The fourth-order valence-electron chi connectivity index (χ4n) is 1.83. The molecule has 8 heteroatoms. The Morgan fingerprint density at radius 3 is 2.60 bits per heavy atom. The van der Waals surface area contributed by atoms with Gasteiger partial charge in [-0.25, -0.2) is 0 Å². The maximum absolute atomic E-state index is 12.1. The van der Waals surface area contributed by atoms with Gasteiger partial charge in [0.05, 0.1) is 0 Å². The van der Waals surface area contributed by atoms with Crippen molar-refractivity contribution in [1.82, 2.24) is 10.6 Å². The minimum atomic E-state index is -0.0244. The molecule has 0 aliphatic heterocycles. The Kier molecular flexibility index (Phi) is 11.8. The highest BCUT2D eigenvalue weighted by atomic mass is 127. The van der Waals surface area contributed by atoms with E-state index in [2.05, 4.69) is 57.0 Å². The first-order valence-electron chi connectivity index (χ1n) is 7.83. The molecule has 3 N–H and O–H groups in total. The number of aryl methyl sites for hydroxylation is 1. The van der Waals surface area contributed by atoms with Gasteiger partial charge in [0.15, 0.2) is 5.96 Å². The van der Waals surface area contributed by atoms with Gasteiger partial charge in [0.2, 0.25) is 5.91 Å². The fourth-order valence-corrected chi connectivity index (χ4v) is 2.40. The van der Waals surface area contributed by atoms with Gasteiger partial charge in [0.25, 0.3) is 0 Å². The molecule has 0 heterocycles. The molecule has 0 aliphatic carbocycles. The standard InChI is InChI=1S/C17H27BrN4OS.HI/c1-12-6-7-13(18)10-14(12)22-15(23)8-9-20-16(19-4)21-11-17(2,3)24-5;/h6-7,10H,8-9,11H2,1-5H3,(H,22,23)(H2,19,20,21);1H. The number of hydrogen-bond donors (Lipinski definition) is 3. The van der Waals surface area contributed by atoms with Gasteiger partial charge in [-0.3, -0.25) is 9.79 Å². The van der Waals surface area contributed by atoms with Crippen molar-refractivity contribution >= 4 is 69.2 Å². The van der Waals surface area contributed by atoms with E-state index in [-0.39, 0.29) is 34.6 Å². The molecule has 1 aromatic rings. The van der Waals surface area contributed by atoms with E-state index in [9.17, 15) is 4.79 Å². The Balaban J connectivity index is 0.00000576. The summed E-state index contributed by atoms with van der Waals surface area (Å²) in [5.41, 5.74) is 1.87. The van der Waals surface area contributed by atoms with Crippen LogP contribution in [0.5, 0.6) is 0 Å². The second kappa shape index (κ2) is 12.0. The summed E-state index contributed by atoms with van der Waals surface area (Å²) in [5, 5.41) is 9.38. The van der Waals surface area contributed by atoms with E-state index in [0.717, 1.165) is 22.3 Å². The smallest absolute Gasteiger partial charge is 0.226 e. The monoisotopic (exact) mass is 542 g/mol. The summed E-state index contributed by atoms with van der Waals surface area (Å²) < 4.78 is 1.08. The van der Waals surface area contributed by atoms with Crippen molar-refractivity contribution in [1.29, 1.82) is 0 Å². The number of guanidine groups is 1. The average molecular weight is 543 g/mol. The van der Waals surface area contributed by atoms with Crippen molar-refractivity contribution in [3.05, 3.63) is 28.2 Å². The normalized spacial score (nSPS) is 11.5. The molecule has 0 fully saturated rings. The molecule has 0 saturated heterocycles. The van der Waals surface area contributed by atoms with Gasteiger partial charge in [0.1, 0.15) is 0 Å². The van der Waals surface area contributed by atoms with Gasteiger partial charge < -0.3 is 16.0 Å². The van der Waals surface area contributed by atoms with E-state index in [4.69, 9.17) is 0 Å². The summed E-state index contributed by atoms with van der Waals surface area (Å²) >= 11 is 5.22. The van der Waals surface area contributed by atoms with Gasteiger partial charge in [-0.15, -0.1) is 24.0 Å². The first-order chi connectivity index (χ1) is 11.3. The van der Waals surface area contributed by atoms with E-state index in [1.165, 1.54) is 0 Å². The number of amides is 1. The number of rotatable bonds is 7. The summed E-state index contributed by atoms with van der Waals surface area (Å²) in [6, 6.07) is 5.83. The predicted octanol–water partition coefficient (Wildman–Crippen LogP) is 4.01. The minimum absolute atomic E-state index is 0. The van der Waals surface area contributed by atoms with Crippen molar-refractivity contribution in [2.24, 2.45) is 4.99 Å². The third kappa shape index (κ3) is 9.69. The van der Waals surface area contributed by atoms with Crippen LogP contribution < -0.4 is 16.0 Å². The third-order valence-electron chi connectivity index (χ3n) is 3.58. The predicted molar refractivity (Wildman–Crippen MR) is 124 cm³/mol. The maximum Gasteiger partial charge on any atom is 0.226 e. The van der Waals surface area contributed by atoms with E-state index < -0.39 is 0 Å². The summed E-state index contributed by atoms with van der Waals surface area (Å²) in [5.74, 6) is 0.687. The Morgan fingerprint density at radius 1 is 1.32 bits per heavy atom. The van der Waals surface area contributed by atoms with Gasteiger partial charge in [-0.2, -0.15) is 11.8 Å². The summed E-state index contributed by atoms with van der Waals surface area (Å²) in [6.07, 6.45) is 2.46. The lowest BCUT2D eigenvalue weighted by molar-refractivity contribution is -0.116. The zero-order chi connectivity index (χ0) is 18.2. The molecule has 1 amide bonds. The number of halogens is 2. The highest BCUT2D eigenvalue weighted by Gasteiger charge is 2.16. The molecule has 1 aromatic carbocycles. The molecule has 0 spiro atoms. The number of carbonyl (C=O) groups excluding carboxylic acids is 1. The highest BCUT2D eigenvalue weighted by Crippen LogP contribution is 2.21. The van der Waals surface area contributed by atoms with Crippen LogP contribution in [0.3, 0.4) is 0 Å². The SMILES string of the molecule is CN=C(NCCC(=O)Nc1cc(Br)ccc1C)NCC(C)(C)SC.I. The number of benzene rings is 1. The number of nitrogens with one attached hydrogen (secondary N) is 3. The zero-order valence-corrected chi connectivity index (χ0v) is 20.1. The Hall–Kier alpha value is -0.480. The molecule has 25 heavy (non-hydrogen) atoms. The second-order valence-corrected chi connectivity index (χ2v) is 8.50. The van der Waals surface area contributed by atoms with E-state index in [1.54, 1.807) is 18.8 Å². The molecule has 0 unspecified atom stereocenters. The van der Waals surface area contributed by atoms with Crippen molar-refractivity contribution in [2.75, 3.05) is 31.7 Å². The lowest BCUT2D eigenvalue weighted by Crippen LogP contribution is -2.44. The summed E-state index contributed by atoms with van der Waals surface area (Å²) in [6.45, 7) is 7.65. The van der Waals surface area contributed by atoms with Crippen LogP contribution in [-0.4, -0.2) is 43.0 Å². The first kappa shape index (κ1) is 24.5. The second-order valence-electron chi connectivity index (χ2n) is 6.07. The van der Waals surface area contributed by atoms with E-state index >= 15 is 0 Å². The number of carbonyl (C=O) groups is 1. The zero-order valence-electron chi connectivity index (χ0n) is 15.4. The molecule has 0 saturated carbocycles. The lowest BCUT2D eigenvalue weighted by atomic mass is 10.2. The van der Waals surface area contributed by atoms with Gasteiger partial charge >= 0.3 is 0 Å². The van der Waals surface area contributed by atoms with Crippen molar-refractivity contribution in [3.63, 3.8) is 0 Å². The Bertz CT molecular complexity index is 596. The quantitative estimate of drug-likeness (QED) is 0.277. The molecule has 5 nitrogen and oxygen atoms in total. The van der Waals surface area contributed by atoms with Crippen LogP contribution in [0.1, 0.15) is 25.8 Å². The molecule has 1 rings (SSSR count). The molecule has 0 aromatic heterocycles. The van der Waals surface area contributed by atoms with Gasteiger partial charge in [-0.1, -0.05) is 22.0 Å². The first-order valence-corrected chi connectivity index (χ1v) is 9.85. The number of nitrogens with zero attached hydrogens (tertiary/aromatic N) is 1. The van der Waals surface area contributed by atoms with Crippen LogP contribution >= 0.6 is 51.7 Å². The number of anilines is 1. The molecule has 0 bridgehead atoms. The molecular weight excluding hydrogens is 515 g/mol. The number of aliphatic imine (C=N–C) groups is 1. The fraction of sp³-hybridized carbons (Fsp3) is 0.529. The van der Waals surface area contributed by atoms with E-state index in [1.807, 2.05) is 25.1 Å². The molecule has 0 radical (unpaired) electrons. The summed E-state index contributed by atoms with van der Waals surface area (Å²) in [7, 11) is 1.73. The molecule has 0 atom stereocenters. The Morgan fingerprint density at radius 2 is 2.00 bits per heavy atom. The van der Waals surface area contributed by atoms with Crippen molar-refractivity contribution in [2.45, 2.75) is 31.9 Å². The minimum Gasteiger partial charge on any atom is -0.356 e. The van der Waals surface area contributed by atoms with E-state index in [0.29, 0.717) is 18.9 Å². The van der Waals surface area contributed by atoms with Gasteiger partial charge in [0, 0.05) is 41.5 Å². The molecule has 0 aliphatic rings. The summed E-state index contributed by atoms with van der Waals surface area (Å²) in [4.78, 5) is 16.3. The van der Waals surface area contributed by atoms with Crippen LogP contribution in [0, 0.1) is 6.92 Å². The van der Waals surface area contributed by atoms with Crippen LogP contribution in [0.15, 0.2) is 27.7 Å². The third-order valence-corrected chi connectivity index (χ3v) is 5.32. The number of thioether (sulfide) groups is 1. The topological polar surface area (TPSA) is 65.5 Å². The highest BCUT2D eigenvalue weighted by molar-refractivity contribution is 14.0. The lowest BCUT2D eigenvalue weighted by Gasteiger charge is -2.23. The Labute approximate surface area is 180 Å². The molecule has 142 valence electrons.